The molecule has 0 unspecified atom stereocenters. The van der Waals surface area contributed by atoms with Gasteiger partial charge in [-0.2, -0.15) is 0 Å². The van der Waals surface area contributed by atoms with E-state index in [4.69, 9.17) is 14.9 Å². The second-order valence-electron chi connectivity index (χ2n) is 3.20. The largest absolute Gasteiger partial charge is 0.494 e. The molecule has 92 valence electrons. The summed E-state index contributed by atoms with van der Waals surface area (Å²) >= 11 is 0. The van der Waals surface area contributed by atoms with Gasteiger partial charge in [0.15, 0.2) is 10.7 Å². The monoisotopic (exact) mass is 258 g/mol. The highest BCUT2D eigenvalue weighted by Gasteiger charge is 2.21. The number of ether oxygens (including phenoxy) is 2. The standard InChI is InChI=1S/C9H12N3O4S/c1-15-8-5-7(12-17(3,13)14)9(16-2)4-6(8)11-10/h4-5,12H,1-3H3/q+1. The molecule has 1 aromatic carbocycles. The van der Waals surface area contributed by atoms with Crippen molar-refractivity contribution in [1.82, 2.24) is 0 Å². The maximum absolute atomic E-state index is 11.1. The van der Waals surface area contributed by atoms with Crippen molar-refractivity contribution in [1.29, 1.82) is 5.39 Å². The van der Waals surface area contributed by atoms with Crippen molar-refractivity contribution in [2.24, 2.45) is 0 Å². The molecule has 0 radical (unpaired) electrons. The first-order valence-electron chi connectivity index (χ1n) is 4.50. The van der Waals surface area contributed by atoms with Crippen LogP contribution in [0.4, 0.5) is 11.4 Å². The van der Waals surface area contributed by atoms with Gasteiger partial charge >= 0.3 is 5.69 Å². The topological polar surface area (TPSA) is 92.8 Å². The second kappa shape index (κ2) is 4.88. The van der Waals surface area contributed by atoms with E-state index in [1.807, 2.05) is 0 Å². The molecule has 0 saturated heterocycles. The van der Waals surface area contributed by atoms with Crippen LogP contribution in [0.2, 0.25) is 0 Å². The summed E-state index contributed by atoms with van der Waals surface area (Å²) in [5.41, 5.74) is 0.350. The maximum Gasteiger partial charge on any atom is 0.430 e. The Hall–Kier alpha value is -2.01. The number of hydrogen-bond donors (Lipinski definition) is 1. The Morgan fingerprint density at radius 3 is 2.24 bits per heavy atom. The fourth-order valence-electron chi connectivity index (χ4n) is 1.24. The minimum Gasteiger partial charge on any atom is -0.494 e. The van der Waals surface area contributed by atoms with Crippen molar-refractivity contribution < 1.29 is 17.9 Å². The summed E-state index contributed by atoms with van der Waals surface area (Å²) < 4.78 is 34.5. The molecule has 0 bridgehead atoms. The molecular weight excluding hydrogens is 246 g/mol. The van der Waals surface area contributed by atoms with Gasteiger partial charge in [-0.3, -0.25) is 4.72 Å². The van der Waals surface area contributed by atoms with Crippen LogP contribution < -0.4 is 14.2 Å². The smallest absolute Gasteiger partial charge is 0.430 e. The summed E-state index contributed by atoms with van der Waals surface area (Å²) in [7, 11) is -0.686. The molecule has 0 amide bonds. The number of nitrogens with zero attached hydrogens (tertiary/aromatic N) is 2. The zero-order valence-corrected chi connectivity index (χ0v) is 10.4. The molecule has 7 nitrogen and oxygen atoms in total. The van der Waals surface area contributed by atoms with Crippen molar-refractivity contribution >= 4 is 21.4 Å². The van der Waals surface area contributed by atoms with Crippen LogP contribution in [0.15, 0.2) is 12.1 Å². The number of benzene rings is 1. The van der Waals surface area contributed by atoms with E-state index >= 15 is 0 Å². The van der Waals surface area contributed by atoms with Gasteiger partial charge in [-0.05, 0) is 0 Å². The van der Waals surface area contributed by atoms with Crippen LogP contribution in [-0.2, 0) is 10.0 Å². The number of methoxy groups -OCH3 is 2. The van der Waals surface area contributed by atoms with E-state index < -0.39 is 10.0 Å². The number of nitrogens with one attached hydrogen (secondary N) is 1. The Bertz CT molecular complexity index is 562. The summed E-state index contributed by atoms with van der Waals surface area (Å²) in [6, 6.07) is 2.72. The van der Waals surface area contributed by atoms with Gasteiger partial charge in [0.25, 0.3) is 0 Å². The molecule has 1 rings (SSSR count). The van der Waals surface area contributed by atoms with E-state index in [2.05, 4.69) is 9.70 Å². The fraction of sp³-hybridized carbons (Fsp3) is 0.333. The van der Waals surface area contributed by atoms with Gasteiger partial charge in [0, 0.05) is 6.07 Å². The van der Waals surface area contributed by atoms with E-state index in [0.29, 0.717) is 0 Å². The quantitative estimate of drug-likeness (QED) is 0.827. The number of sulfonamides is 1. The van der Waals surface area contributed by atoms with Gasteiger partial charge in [0.2, 0.25) is 21.2 Å². The Morgan fingerprint density at radius 1 is 1.24 bits per heavy atom. The van der Waals surface area contributed by atoms with Crippen LogP contribution in [-0.4, -0.2) is 28.9 Å². The third kappa shape index (κ3) is 3.22. The number of anilines is 1. The summed E-state index contributed by atoms with van der Waals surface area (Å²) in [4.78, 5) is 3.01. The predicted molar refractivity (Wildman–Crippen MR) is 62.8 cm³/mol. The lowest BCUT2D eigenvalue weighted by molar-refractivity contribution is 0.407. The Labute approximate surface area is 99.0 Å². The Kier molecular flexibility index (Phi) is 3.75. The molecule has 1 aromatic rings. The van der Waals surface area contributed by atoms with Crippen molar-refractivity contribution in [3.63, 3.8) is 0 Å². The van der Waals surface area contributed by atoms with E-state index in [1.54, 1.807) is 0 Å². The highest BCUT2D eigenvalue weighted by molar-refractivity contribution is 7.92. The summed E-state index contributed by atoms with van der Waals surface area (Å²) in [6.07, 6.45) is 1.02. The molecule has 0 aliphatic rings. The number of diazo groups is 1. The summed E-state index contributed by atoms with van der Waals surface area (Å²) in [5, 5.41) is 8.74. The van der Waals surface area contributed by atoms with Gasteiger partial charge in [-0.1, -0.05) is 0 Å². The maximum atomic E-state index is 11.1. The molecule has 0 aliphatic heterocycles. The van der Waals surface area contributed by atoms with Crippen LogP contribution in [0.1, 0.15) is 0 Å². The third-order valence-electron chi connectivity index (χ3n) is 1.90. The molecule has 1 N–H and O–H groups in total. The van der Waals surface area contributed by atoms with E-state index in [1.165, 1.54) is 26.4 Å². The molecule has 0 aliphatic carbocycles. The van der Waals surface area contributed by atoms with Crippen LogP contribution in [0.5, 0.6) is 11.5 Å². The van der Waals surface area contributed by atoms with Crippen LogP contribution in [0, 0.1) is 5.39 Å². The van der Waals surface area contributed by atoms with E-state index in [9.17, 15) is 8.42 Å². The summed E-state index contributed by atoms with van der Waals surface area (Å²) in [5.74, 6) is 0.448. The lowest BCUT2D eigenvalue weighted by Gasteiger charge is -2.09. The highest BCUT2D eigenvalue weighted by atomic mass is 32.2. The molecule has 0 heterocycles. The molecule has 17 heavy (non-hydrogen) atoms. The number of hydrogen-bond acceptors (Lipinski definition) is 5. The first kappa shape index (κ1) is 13.1. The average molecular weight is 258 g/mol. The van der Waals surface area contributed by atoms with Crippen molar-refractivity contribution in [2.45, 2.75) is 0 Å². The van der Waals surface area contributed by atoms with Crippen LogP contribution in [0.25, 0.3) is 4.98 Å². The van der Waals surface area contributed by atoms with Crippen molar-refractivity contribution in [3.05, 3.63) is 17.1 Å². The minimum absolute atomic E-state index is 0.142. The second-order valence-corrected chi connectivity index (χ2v) is 4.95. The summed E-state index contributed by atoms with van der Waals surface area (Å²) in [6.45, 7) is 0. The first-order valence-corrected chi connectivity index (χ1v) is 6.39. The SMILES string of the molecule is COc1cc(NS(C)(=O)=O)c(OC)cc1[N+]#N. The molecule has 0 atom stereocenters. The lowest BCUT2D eigenvalue weighted by Crippen LogP contribution is -2.10. The lowest BCUT2D eigenvalue weighted by atomic mass is 10.2. The van der Waals surface area contributed by atoms with Gasteiger partial charge in [0.05, 0.1) is 32.2 Å². The van der Waals surface area contributed by atoms with Gasteiger partial charge in [-0.25, -0.2) is 8.42 Å². The molecule has 0 saturated carbocycles. The molecule has 0 spiro atoms. The van der Waals surface area contributed by atoms with Gasteiger partial charge in [-0.15, -0.1) is 0 Å². The zero-order chi connectivity index (χ0) is 13.1. The fourth-order valence-corrected chi connectivity index (χ4v) is 1.80. The van der Waals surface area contributed by atoms with E-state index in [-0.39, 0.29) is 22.9 Å². The zero-order valence-electron chi connectivity index (χ0n) is 9.59. The molecule has 0 fully saturated rings. The minimum atomic E-state index is -3.43. The predicted octanol–water partition coefficient (Wildman–Crippen LogP) is 1.56. The normalized spacial score (nSPS) is 10.5. The van der Waals surface area contributed by atoms with Crippen LogP contribution >= 0.6 is 0 Å². The number of rotatable bonds is 4. The van der Waals surface area contributed by atoms with Gasteiger partial charge in [0.1, 0.15) is 0 Å². The molecule has 0 aromatic heterocycles. The highest BCUT2D eigenvalue weighted by Crippen LogP contribution is 2.38. The van der Waals surface area contributed by atoms with Crippen molar-refractivity contribution in [3.8, 4) is 11.5 Å². The van der Waals surface area contributed by atoms with E-state index in [0.717, 1.165) is 6.26 Å². The Morgan fingerprint density at radius 2 is 1.82 bits per heavy atom. The van der Waals surface area contributed by atoms with Gasteiger partial charge < -0.3 is 9.47 Å². The average Bonchev–Trinajstić information content (AvgIpc) is 2.26. The van der Waals surface area contributed by atoms with Crippen molar-refractivity contribution in [2.75, 3.05) is 25.2 Å². The Balaban J connectivity index is 3.35. The molecule has 8 heteroatoms. The van der Waals surface area contributed by atoms with Crippen LogP contribution in [0.3, 0.4) is 0 Å². The third-order valence-corrected chi connectivity index (χ3v) is 2.49. The first-order chi connectivity index (χ1) is 7.91. The molecular formula is C9H12N3O4S+.